The van der Waals surface area contributed by atoms with Crippen LogP contribution in [0.3, 0.4) is 0 Å². The number of halogens is 4. The van der Waals surface area contributed by atoms with Crippen LogP contribution in [0.5, 0.6) is 0 Å². The Morgan fingerprint density at radius 2 is 1.66 bits per heavy atom. The van der Waals surface area contributed by atoms with Crippen molar-refractivity contribution in [1.29, 1.82) is 0 Å². The Morgan fingerprint density at radius 3 is 2.29 bits per heavy atom. The number of nitrogens with one attached hydrogen (secondary N) is 1. The summed E-state index contributed by atoms with van der Waals surface area (Å²) in [6, 6.07) is 17.0. The van der Waals surface area contributed by atoms with E-state index in [-0.39, 0.29) is 17.1 Å². The Hall–Kier alpha value is -3.38. The molecule has 3 aromatic rings. The summed E-state index contributed by atoms with van der Waals surface area (Å²) in [7, 11) is -4.48. The van der Waals surface area contributed by atoms with Crippen molar-refractivity contribution in [2.45, 2.75) is 50.3 Å². The molecule has 0 aliphatic rings. The molecular formula is C29H31BrF3N3O4S. The van der Waals surface area contributed by atoms with E-state index in [9.17, 15) is 31.2 Å². The lowest BCUT2D eigenvalue weighted by Gasteiger charge is -2.32. The van der Waals surface area contributed by atoms with Crippen LogP contribution in [0.1, 0.15) is 37.8 Å². The Labute approximate surface area is 246 Å². The summed E-state index contributed by atoms with van der Waals surface area (Å²) in [6.07, 6.45) is -3.16. The molecule has 0 aliphatic heterocycles. The molecule has 0 aromatic heterocycles. The maximum Gasteiger partial charge on any atom is 0.416 e. The zero-order chi connectivity index (χ0) is 30.2. The van der Waals surface area contributed by atoms with Gasteiger partial charge < -0.3 is 10.2 Å². The van der Waals surface area contributed by atoms with Crippen LogP contribution in [0.25, 0.3) is 0 Å². The number of benzene rings is 3. The van der Waals surface area contributed by atoms with Gasteiger partial charge in [-0.2, -0.15) is 13.2 Å². The quantitative estimate of drug-likeness (QED) is 0.243. The highest BCUT2D eigenvalue weighted by molar-refractivity contribution is 9.10. The molecule has 2 amide bonds. The van der Waals surface area contributed by atoms with Gasteiger partial charge in [0.15, 0.2) is 0 Å². The topological polar surface area (TPSA) is 86.8 Å². The summed E-state index contributed by atoms with van der Waals surface area (Å²) in [4.78, 5) is 27.9. The molecule has 0 aliphatic carbocycles. The second kappa shape index (κ2) is 14.0. The van der Waals surface area contributed by atoms with Gasteiger partial charge in [-0.05, 0) is 61.4 Å². The second-order valence-corrected chi connectivity index (χ2v) is 12.1. The summed E-state index contributed by atoms with van der Waals surface area (Å²) in [5, 5.41) is 2.78. The molecule has 41 heavy (non-hydrogen) atoms. The molecule has 7 nitrogen and oxygen atoms in total. The van der Waals surface area contributed by atoms with Crippen molar-refractivity contribution >= 4 is 43.5 Å². The number of unbranched alkanes of at least 4 members (excludes halogenated alkanes) is 1. The Balaban J connectivity index is 2.05. The van der Waals surface area contributed by atoms with Gasteiger partial charge in [-0.15, -0.1) is 0 Å². The third kappa shape index (κ3) is 8.56. The van der Waals surface area contributed by atoms with Crippen molar-refractivity contribution in [3.63, 3.8) is 0 Å². The standard InChI is InChI=1S/C29H31BrF3N3O4S/c1-3-4-16-34-28(38)21(2)35(19-22-10-8-12-24(30)17-22)27(37)20-36(41(39,40)26-14-6-5-7-15-26)25-13-9-11-23(18-25)29(31,32)33/h5-15,17-18,21H,3-4,16,19-20H2,1-2H3,(H,34,38)/t21-/m1/s1. The molecule has 1 N–H and O–H groups in total. The molecule has 1 atom stereocenters. The van der Waals surface area contributed by atoms with Gasteiger partial charge in [0, 0.05) is 17.6 Å². The van der Waals surface area contributed by atoms with Crippen LogP contribution in [0.15, 0.2) is 88.2 Å². The molecule has 0 unspecified atom stereocenters. The van der Waals surface area contributed by atoms with Crippen molar-refractivity contribution in [1.82, 2.24) is 10.2 Å². The highest BCUT2D eigenvalue weighted by Crippen LogP contribution is 2.33. The molecule has 3 aromatic carbocycles. The van der Waals surface area contributed by atoms with E-state index in [1.165, 1.54) is 42.2 Å². The number of alkyl halides is 3. The number of rotatable bonds is 12. The van der Waals surface area contributed by atoms with Crippen molar-refractivity contribution in [2.75, 3.05) is 17.4 Å². The average Bonchev–Trinajstić information content (AvgIpc) is 2.94. The first kappa shape index (κ1) is 32.1. The first-order valence-electron chi connectivity index (χ1n) is 12.9. The van der Waals surface area contributed by atoms with Crippen LogP contribution in [-0.4, -0.2) is 44.3 Å². The highest BCUT2D eigenvalue weighted by atomic mass is 79.9. The molecule has 12 heteroatoms. The van der Waals surface area contributed by atoms with Crippen molar-refractivity contribution in [3.05, 3.63) is 94.5 Å². The minimum absolute atomic E-state index is 0.0392. The van der Waals surface area contributed by atoms with Gasteiger partial charge in [-0.3, -0.25) is 13.9 Å². The largest absolute Gasteiger partial charge is 0.416 e. The number of hydrogen-bond acceptors (Lipinski definition) is 4. The molecule has 0 spiro atoms. The van der Waals surface area contributed by atoms with Crippen LogP contribution >= 0.6 is 15.9 Å². The zero-order valence-electron chi connectivity index (χ0n) is 22.6. The van der Waals surface area contributed by atoms with Crippen LogP contribution in [0.2, 0.25) is 0 Å². The number of hydrogen-bond donors (Lipinski definition) is 1. The van der Waals surface area contributed by atoms with Crippen LogP contribution in [-0.2, 0) is 32.3 Å². The summed E-state index contributed by atoms with van der Waals surface area (Å²) in [6.45, 7) is 3.02. The van der Waals surface area contributed by atoms with E-state index in [4.69, 9.17) is 0 Å². The third-order valence-electron chi connectivity index (χ3n) is 6.31. The fourth-order valence-corrected chi connectivity index (χ4v) is 5.91. The lowest BCUT2D eigenvalue weighted by atomic mass is 10.1. The molecular weight excluding hydrogens is 623 g/mol. The lowest BCUT2D eigenvalue weighted by Crippen LogP contribution is -2.51. The molecule has 0 saturated heterocycles. The van der Waals surface area contributed by atoms with Crippen molar-refractivity contribution < 1.29 is 31.2 Å². The second-order valence-electron chi connectivity index (χ2n) is 9.34. The number of nitrogens with zero attached hydrogens (tertiary/aromatic N) is 2. The summed E-state index contributed by atoms with van der Waals surface area (Å²) in [5.41, 5.74) is -0.734. The smallest absolute Gasteiger partial charge is 0.354 e. The SMILES string of the molecule is CCCCNC(=O)[C@@H](C)N(Cc1cccc(Br)c1)C(=O)CN(c1cccc(C(F)(F)F)c1)S(=O)(=O)c1ccccc1. The fourth-order valence-electron chi connectivity index (χ4n) is 4.04. The van der Waals surface area contributed by atoms with Crippen LogP contribution < -0.4 is 9.62 Å². The zero-order valence-corrected chi connectivity index (χ0v) is 25.0. The van der Waals surface area contributed by atoms with Gasteiger partial charge in [0.1, 0.15) is 12.6 Å². The Bertz CT molecular complexity index is 1450. The monoisotopic (exact) mass is 653 g/mol. The normalized spacial score (nSPS) is 12.4. The first-order valence-corrected chi connectivity index (χ1v) is 15.1. The molecule has 0 saturated carbocycles. The van der Waals surface area contributed by atoms with Crippen molar-refractivity contribution in [2.24, 2.45) is 0 Å². The van der Waals surface area contributed by atoms with E-state index >= 15 is 0 Å². The number of carbonyl (C=O) groups excluding carboxylic acids is 2. The minimum atomic E-state index is -4.74. The van der Waals surface area contributed by atoms with Gasteiger partial charge in [-0.1, -0.05) is 65.7 Å². The lowest BCUT2D eigenvalue weighted by molar-refractivity contribution is -0.139. The fraction of sp³-hybridized carbons (Fsp3) is 0.310. The number of sulfonamides is 1. The molecule has 0 heterocycles. The predicted molar refractivity (Wildman–Crippen MR) is 154 cm³/mol. The Morgan fingerprint density at radius 1 is 0.976 bits per heavy atom. The number of carbonyl (C=O) groups is 2. The molecule has 220 valence electrons. The summed E-state index contributed by atoms with van der Waals surface area (Å²) in [5.74, 6) is -1.20. The van der Waals surface area contributed by atoms with E-state index in [1.807, 2.05) is 6.92 Å². The van der Waals surface area contributed by atoms with E-state index in [0.29, 0.717) is 22.5 Å². The number of anilines is 1. The van der Waals surface area contributed by atoms with Gasteiger partial charge in [0.05, 0.1) is 16.1 Å². The van der Waals surface area contributed by atoms with E-state index in [0.717, 1.165) is 29.4 Å². The molecule has 0 radical (unpaired) electrons. The summed E-state index contributed by atoms with van der Waals surface area (Å²) < 4.78 is 69.5. The average molecular weight is 655 g/mol. The first-order chi connectivity index (χ1) is 19.3. The van der Waals surface area contributed by atoms with Gasteiger partial charge in [-0.25, -0.2) is 8.42 Å². The van der Waals surface area contributed by atoms with E-state index in [2.05, 4.69) is 21.2 Å². The van der Waals surface area contributed by atoms with Gasteiger partial charge in [0.25, 0.3) is 10.0 Å². The third-order valence-corrected chi connectivity index (χ3v) is 8.59. The number of amides is 2. The van der Waals surface area contributed by atoms with Gasteiger partial charge in [0.2, 0.25) is 11.8 Å². The molecule has 0 bridgehead atoms. The predicted octanol–water partition coefficient (Wildman–Crippen LogP) is 6.00. The maximum atomic E-state index is 13.9. The van der Waals surface area contributed by atoms with E-state index in [1.54, 1.807) is 30.3 Å². The maximum absolute atomic E-state index is 13.9. The molecule has 3 rings (SSSR count). The minimum Gasteiger partial charge on any atom is -0.354 e. The Kier molecular flexibility index (Phi) is 11.0. The highest BCUT2D eigenvalue weighted by Gasteiger charge is 2.35. The molecule has 0 fully saturated rings. The van der Waals surface area contributed by atoms with E-state index < -0.39 is 46.2 Å². The summed E-state index contributed by atoms with van der Waals surface area (Å²) >= 11 is 3.38. The van der Waals surface area contributed by atoms with Crippen molar-refractivity contribution in [3.8, 4) is 0 Å². The van der Waals surface area contributed by atoms with Crippen LogP contribution in [0, 0.1) is 0 Å². The van der Waals surface area contributed by atoms with Gasteiger partial charge >= 0.3 is 6.18 Å². The van der Waals surface area contributed by atoms with Crippen LogP contribution in [0.4, 0.5) is 18.9 Å².